The van der Waals surface area contributed by atoms with Gasteiger partial charge in [-0.2, -0.15) is 0 Å². The smallest absolute Gasteiger partial charge is 0.417 e. The standard InChI is InChI=1S/C18H23NO5/c1-4-22-13-24-17-15(7-6-8-16(17)21-3)14-9-11-19(12-10-14)18(20)23-5-2/h6-12,14H,4-5,13H2,1-3H3. The van der Waals surface area contributed by atoms with Gasteiger partial charge in [-0.25, -0.2) is 4.79 Å². The predicted octanol–water partition coefficient (Wildman–Crippen LogP) is 3.65. The van der Waals surface area contributed by atoms with Crippen LogP contribution in [-0.2, 0) is 9.47 Å². The van der Waals surface area contributed by atoms with Crippen molar-refractivity contribution in [2.24, 2.45) is 0 Å². The first-order valence-electron chi connectivity index (χ1n) is 7.90. The summed E-state index contributed by atoms with van der Waals surface area (Å²) in [4.78, 5) is 13.1. The highest BCUT2D eigenvalue weighted by Crippen LogP contribution is 2.37. The maximum atomic E-state index is 11.7. The SMILES string of the molecule is CCOCOc1c(OC)cccc1C1C=CN(C(=O)OCC)C=C1. The van der Waals surface area contributed by atoms with Gasteiger partial charge in [0.2, 0.25) is 0 Å². The maximum absolute atomic E-state index is 11.7. The van der Waals surface area contributed by atoms with E-state index in [1.54, 1.807) is 26.4 Å². The molecule has 0 aliphatic carbocycles. The number of rotatable bonds is 7. The lowest BCUT2D eigenvalue weighted by atomic mass is 9.96. The molecule has 0 saturated heterocycles. The van der Waals surface area contributed by atoms with E-state index in [-0.39, 0.29) is 12.7 Å². The van der Waals surface area contributed by atoms with Gasteiger partial charge >= 0.3 is 6.09 Å². The summed E-state index contributed by atoms with van der Waals surface area (Å²) in [6, 6.07) is 5.70. The second-order valence-electron chi connectivity index (χ2n) is 4.95. The molecule has 1 aliphatic rings. The normalized spacial score (nSPS) is 13.9. The fourth-order valence-electron chi connectivity index (χ4n) is 2.31. The maximum Gasteiger partial charge on any atom is 0.417 e. The summed E-state index contributed by atoms with van der Waals surface area (Å²) in [5.74, 6) is 1.24. The number of allylic oxidation sites excluding steroid dienone is 2. The van der Waals surface area contributed by atoms with Crippen molar-refractivity contribution in [1.29, 1.82) is 0 Å². The van der Waals surface area contributed by atoms with Crippen LogP contribution in [0.25, 0.3) is 0 Å². The summed E-state index contributed by atoms with van der Waals surface area (Å²) < 4.78 is 21.4. The minimum atomic E-state index is -0.401. The molecule has 1 heterocycles. The van der Waals surface area contributed by atoms with Crippen molar-refractivity contribution < 1.29 is 23.7 Å². The molecule has 0 radical (unpaired) electrons. The lowest BCUT2D eigenvalue weighted by Gasteiger charge is -2.22. The van der Waals surface area contributed by atoms with Crippen LogP contribution in [0.1, 0.15) is 25.3 Å². The summed E-state index contributed by atoms with van der Waals surface area (Å²) >= 11 is 0. The first-order chi connectivity index (χ1) is 11.7. The first-order valence-corrected chi connectivity index (χ1v) is 7.90. The summed E-state index contributed by atoms with van der Waals surface area (Å²) in [7, 11) is 1.60. The summed E-state index contributed by atoms with van der Waals surface area (Å²) in [6.07, 6.45) is 6.78. The van der Waals surface area contributed by atoms with E-state index in [1.807, 2.05) is 37.3 Å². The summed E-state index contributed by atoms with van der Waals surface area (Å²) in [5, 5.41) is 0. The summed E-state index contributed by atoms with van der Waals surface area (Å²) in [5.41, 5.74) is 0.935. The molecule has 6 nitrogen and oxygen atoms in total. The minimum Gasteiger partial charge on any atom is -0.493 e. The second-order valence-corrected chi connectivity index (χ2v) is 4.95. The van der Waals surface area contributed by atoms with Crippen molar-refractivity contribution in [3.05, 3.63) is 48.3 Å². The Hall–Kier alpha value is -2.47. The number of carbonyl (C=O) groups excluding carboxylic acids is 1. The molecule has 0 saturated carbocycles. The molecule has 0 aromatic heterocycles. The highest BCUT2D eigenvalue weighted by Gasteiger charge is 2.20. The Morgan fingerprint density at radius 2 is 1.92 bits per heavy atom. The number of amides is 1. The Kier molecular flexibility index (Phi) is 6.69. The van der Waals surface area contributed by atoms with Crippen molar-refractivity contribution in [1.82, 2.24) is 4.90 Å². The zero-order valence-electron chi connectivity index (χ0n) is 14.2. The van der Waals surface area contributed by atoms with Crippen molar-refractivity contribution >= 4 is 6.09 Å². The lowest BCUT2D eigenvalue weighted by molar-refractivity contribution is 0.0203. The molecule has 2 rings (SSSR count). The zero-order chi connectivity index (χ0) is 17.4. The monoisotopic (exact) mass is 333 g/mol. The number of benzene rings is 1. The van der Waals surface area contributed by atoms with Crippen LogP contribution in [0, 0.1) is 0 Å². The number of para-hydroxylation sites is 1. The van der Waals surface area contributed by atoms with E-state index in [2.05, 4.69) is 0 Å². The number of nitrogens with zero attached hydrogens (tertiary/aromatic N) is 1. The third kappa shape index (κ3) is 4.29. The Labute approximate surface area is 142 Å². The molecule has 1 aliphatic heterocycles. The Morgan fingerprint density at radius 1 is 1.17 bits per heavy atom. The molecule has 0 unspecified atom stereocenters. The molecule has 0 atom stereocenters. The molecule has 0 N–H and O–H groups in total. The largest absolute Gasteiger partial charge is 0.493 e. The molecule has 130 valence electrons. The molecular weight excluding hydrogens is 310 g/mol. The van der Waals surface area contributed by atoms with Crippen molar-refractivity contribution in [3.8, 4) is 11.5 Å². The van der Waals surface area contributed by atoms with Crippen molar-refractivity contribution in [2.45, 2.75) is 19.8 Å². The van der Waals surface area contributed by atoms with Gasteiger partial charge in [0.1, 0.15) is 0 Å². The van der Waals surface area contributed by atoms with Gasteiger partial charge in [0.15, 0.2) is 18.3 Å². The van der Waals surface area contributed by atoms with Gasteiger partial charge in [0.25, 0.3) is 0 Å². The van der Waals surface area contributed by atoms with E-state index in [0.717, 1.165) is 5.56 Å². The Morgan fingerprint density at radius 3 is 2.54 bits per heavy atom. The Bertz CT molecular complexity index is 597. The van der Waals surface area contributed by atoms with Gasteiger partial charge in [-0.3, -0.25) is 4.90 Å². The van der Waals surface area contributed by atoms with Crippen LogP contribution in [0.2, 0.25) is 0 Å². The Balaban J connectivity index is 2.19. The number of carbonyl (C=O) groups is 1. The van der Waals surface area contributed by atoms with Gasteiger partial charge in [-0.05, 0) is 19.9 Å². The second kappa shape index (κ2) is 8.98. The van der Waals surface area contributed by atoms with E-state index in [0.29, 0.717) is 24.7 Å². The third-order valence-corrected chi connectivity index (χ3v) is 3.47. The van der Waals surface area contributed by atoms with E-state index >= 15 is 0 Å². The average Bonchev–Trinajstić information content (AvgIpc) is 2.62. The van der Waals surface area contributed by atoms with Crippen LogP contribution in [-0.4, -0.2) is 38.1 Å². The van der Waals surface area contributed by atoms with Crippen molar-refractivity contribution in [3.63, 3.8) is 0 Å². The van der Waals surface area contributed by atoms with Crippen LogP contribution in [0.3, 0.4) is 0 Å². The van der Waals surface area contributed by atoms with Crippen LogP contribution in [0.5, 0.6) is 11.5 Å². The van der Waals surface area contributed by atoms with Gasteiger partial charge < -0.3 is 18.9 Å². The van der Waals surface area contributed by atoms with Crippen LogP contribution in [0.4, 0.5) is 4.79 Å². The quantitative estimate of drug-likeness (QED) is 0.563. The number of methoxy groups -OCH3 is 1. The molecule has 1 amide bonds. The molecule has 1 aromatic rings. The minimum absolute atomic E-state index is 0.0394. The van der Waals surface area contributed by atoms with Crippen LogP contribution < -0.4 is 9.47 Å². The lowest BCUT2D eigenvalue weighted by Crippen LogP contribution is -2.23. The van der Waals surface area contributed by atoms with Gasteiger partial charge in [0.05, 0.1) is 13.7 Å². The van der Waals surface area contributed by atoms with E-state index in [1.165, 1.54) is 4.90 Å². The predicted molar refractivity (Wildman–Crippen MR) is 90.0 cm³/mol. The first kappa shape index (κ1) is 17.9. The van der Waals surface area contributed by atoms with E-state index in [9.17, 15) is 4.79 Å². The molecule has 0 bridgehead atoms. The van der Waals surface area contributed by atoms with E-state index in [4.69, 9.17) is 18.9 Å². The molecule has 0 fully saturated rings. The van der Waals surface area contributed by atoms with Crippen LogP contribution in [0.15, 0.2) is 42.8 Å². The third-order valence-electron chi connectivity index (χ3n) is 3.47. The molecular formula is C18H23NO5. The van der Waals surface area contributed by atoms with Gasteiger partial charge in [0, 0.05) is 30.5 Å². The fraction of sp³-hybridized carbons (Fsp3) is 0.389. The van der Waals surface area contributed by atoms with E-state index < -0.39 is 6.09 Å². The highest BCUT2D eigenvalue weighted by atomic mass is 16.7. The fourth-order valence-corrected chi connectivity index (χ4v) is 2.31. The number of hydrogen-bond donors (Lipinski definition) is 0. The zero-order valence-corrected chi connectivity index (χ0v) is 14.2. The highest BCUT2D eigenvalue weighted by molar-refractivity contribution is 5.70. The van der Waals surface area contributed by atoms with Crippen molar-refractivity contribution in [2.75, 3.05) is 27.1 Å². The molecule has 0 spiro atoms. The van der Waals surface area contributed by atoms with Crippen LogP contribution >= 0.6 is 0 Å². The summed E-state index contributed by atoms with van der Waals surface area (Å²) in [6.45, 7) is 4.74. The number of ether oxygens (including phenoxy) is 4. The number of hydrogen-bond acceptors (Lipinski definition) is 5. The average molecular weight is 333 g/mol. The molecule has 1 aromatic carbocycles. The molecule has 6 heteroatoms. The van der Waals surface area contributed by atoms with Gasteiger partial charge in [-0.15, -0.1) is 0 Å². The van der Waals surface area contributed by atoms with Gasteiger partial charge in [-0.1, -0.05) is 24.3 Å². The molecule has 24 heavy (non-hydrogen) atoms. The topological polar surface area (TPSA) is 57.2 Å².